The van der Waals surface area contributed by atoms with E-state index in [4.69, 9.17) is 0 Å². The highest BCUT2D eigenvalue weighted by molar-refractivity contribution is 9.10. The van der Waals surface area contributed by atoms with Crippen molar-refractivity contribution < 1.29 is 19.2 Å². The van der Waals surface area contributed by atoms with Crippen molar-refractivity contribution in [1.29, 1.82) is 0 Å². The van der Waals surface area contributed by atoms with Crippen LogP contribution in [0.15, 0.2) is 33.6 Å². The second-order valence-corrected chi connectivity index (χ2v) is 7.82. The van der Waals surface area contributed by atoms with E-state index in [1.807, 2.05) is 24.3 Å². The summed E-state index contributed by atoms with van der Waals surface area (Å²) in [5.41, 5.74) is 0.810. The van der Waals surface area contributed by atoms with Crippen molar-refractivity contribution in [3.63, 3.8) is 0 Å². The Labute approximate surface area is 154 Å². The van der Waals surface area contributed by atoms with E-state index in [1.165, 1.54) is 0 Å². The van der Waals surface area contributed by atoms with Gasteiger partial charge in [-0.05, 0) is 35.5 Å². The van der Waals surface area contributed by atoms with Crippen LogP contribution in [0.3, 0.4) is 0 Å². The highest BCUT2D eigenvalue weighted by Gasteiger charge is 2.37. The summed E-state index contributed by atoms with van der Waals surface area (Å²) >= 11 is 5.12. The number of nitrogens with zero attached hydrogens (tertiary/aromatic N) is 2. The lowest BCUT2D eigenvalue weighted by Crippen LogP contribution is -2.39. The van der Waals surface area contributed by atoms with Crippen LogP contribution in [-0.4, -0.2) is 50.9 Å². The summed E-state index contributed by atoms with van der Waals surface area (Å²) in [7, 11) is 0. The third-order valence-electron chi connectivity index (χ3n) is 3.43. The van der Waals surface area contributed by atoms with Crippen molar-refractivity contribution >= 4 is 67.8 Å². The highest BCUT2D eigenvalue weighted by atomic mass is 79.9. The number of thioether (sulfide) groups is 2. The molecule has 0 radical (unpaired) electrons. The molecule has 0 atom stereocenters. The fraction of sp³-hybridized carbons (Fsp3) is 0.200. The summed E-state index contributed by atoms with van der Waals surface area (Å²) in [4.78, 5) is 50.0. The molecule has 2 fully saturated rings. The van der Waals surface area contributed by atoms with Gasteiger partial charge in [0.15, 0.2) is 0 Å². The van der Waals surface area contributed by atoms with E-state index in [0.29, 0.717) is 4.91 Å². The van der Waals surface area contributed by atoms with Crippen molar-refractivity contribution in [2.24, 2.45) is 0 Å². The van der Waals surface area contributed by atoms with E-state index in [-0.39, 0.29) is 30.0 Å². The Balaban J connectivity index is 1.69. The molecule has 1 aromatic rings. The maximum absolute atomic E-state index is 12.4. The van der Waals surface area contributed by atoms with Gasteiger partial charge in [0.2, 0.25) is 5.91 Å². The molecule has 2 aliphatic rings. The SMILES string of the molecule is O=C1CSC(=O)N1CCN1C(=O)S/C(=C\c2ccc(Br)cc2)C1=O. The lowest BCUT2D eigenvalue weighted by atomic mass is 10.2. The Morgan fingerprint density at radius 1 is 1.00 bits per heavy atom. The summed E-state index contributed by atoms with van der Waals surface area (Å²) in [5.74, 6) is -0.577. The normalized spacial score (nSPS) is 20.0. The average Bonchev–Trinajstić information content (AvgIpc) is 3.00. The van der Waals surface area contributed by atoms with Crippen LogP contribution in [0, 0.1) is 0 Å². The van der Waals surface area contributed by atoms with Crippen LogP contribution in [-0.2, 0) is 9.59 Å². The molecule has 0 aromatic heterocycles. The Bertz CT molecular complexity index is 747. The molecule has 0 N–H and O–H groups in total. The quantitative estimate of drug-likeness (QED) is 0.688. The number of benzene rings is 1. The predicted octanol–water partition coefficient (Wildman–Crippen LogP) is 3.18. The molecule has 0 aliphatic carbocycles. The second-order valence-electron chi connectivity index (χ2n) is 4.98. The number of hydrogen-bond donors (Lipinski definition) is 0. The minimum Gasteiger partial charge on any atom is -0.273 e. The molecular formula is C15H11BrN2O4S2. The molecule has 124 valence electrons. The Hall–Kier alpha value is -1.58. The largest absolute Gasteiger partial charge is 0.293 e. The molecule has 0 bridgehead atoms. The van der Waals surface area contributed by atoms with Gasteiger partial charge in [0.05, 0.1) is 10.7 Å². The fourth-order valence-electron chi connectivity index (χ4n) is 2.20. The van der Waals surface area contributed by atoms with Crippen LogP contribution in [0.5, 0.6) is 0 Å². The zero-order chi connectivity index (χ0) is 17.3. The Morgan fingerprint density at radius 3 is 2.29 bits per heavy atom. The molecule has 0 spiro atoms. The monoisotopic (exact) mass is 426 g/mol. The molecule has 3 rings (SSSR count). The van der Waals surface area contributed by atoms with E-state index in [0.717, 1.165) is 43.4 Å². The van der Waals surface area contributed by atoms with Gasteiger partial charge in [0, 0.05) is 17.6 Å². The minimum atomic E-state index is -0.403. The first-order chi connectivity index (χ1) is 11.5. The third-order valence-corrected chi connectivity index (χ3v) is 5.72. The number of imide groups is 2. The Kier molecular flexibility index (Phi) is 5.12. The van der Waals surface area contributed by atoms with E-state index >= 15 is 0 Å². The molecule has 4 amide bonds. The standard InChI is InChI=1S/C15H11BrN2O4S2/c16-10-3-1-9(2-4-10)7-11-13(20)18(15(22)24-11)6-5-17-12(19)8-23-14(17)21/h1-4,7H,5-6,8H2/b11-7-. The van der Waals surface area contributed by atoms with Gasteiger partial charge in [-0.2, -0.15) is 0 Å². The minimum absolute atomic E-state index is 0.0143. The molecule has 2 saturated heterocycles. The average molecular weight is 427 g/mol. The smallest absolute Gasteiger partial charge is 0.273 e. The van der Waals surface area contributed by atoms with Gasteiger partial charge in [-0.25, -0.2) is 0 Å². The maximum Gasteiger partial charge on any atom is 0.293 e. The lowest BCUT2D eigenvalue weighted by Gasteiger charge is -2.17. The van der Waals surface area contributed by atoms with Crippen LogP contribution in [0.25, 0.3) is 6.08 Å². The lowest BCUT2D eigenvalue weighted by molar-refractivity contribution is -0.126. The van der Waals surface area contributed by atoms with Gasteiger partial charge in [-0.3, -0.25) is 29.0 Å². The first kappa shape index (κ1) is 17.2. The third kappa shape index (κ3) is 3.57. The first-order valence-corrected chi connectivity index (χ1v) is 9.53. The highest BCUT2D eigenvalue weighted by Crippen LogP contribution is 2.32. The molecule has 2 aliphatic heterocycles. The summed E-state index contributed by atoms with van der Waals surface area (Å²) in [6, 6.07) is 7.35. The van der Waals surface area contributed by atoms with Gasteiger partial charge >= 0.3 is 0 Å². The van der Waals surface area contributed by atoms with E-state index in [9.17, 15) is 19.2 Å². The summed E-state index contributed by atoms with van der Waals surface area (Å²) in [5, 5.41) is -0.729. The van der Waals surface area contributed by atoms with Crippen LogP contribution in [0.2, 0.25) is 0 Å². The zero-order valence-corrected chi connectivity index (χ0v) is 15.4. The van der Waals surface area contributed by atoms with E-state index in [1.54, 1.807) is 6.08 Å². The number of amides is 4. The summed E-state index contributed by atoms with van der Waals surface area (Å²) in [6.45, 7) is 0.0503. The molecule has 6 nitrogen and oxygen atoms in total. The van der Waals surface area contributed by atoms with E-state index in [2.05, 4.69) is 15.9 Å². The van der Waals surface area contributed by atoms with Crippen molar-refractivity contribution in [2.75, 3.05) is 18.8 Å². The molecule has 9 heteroatoms. The first-order valence-electron chi connectivity index (χ1n) is 6.94. The number of rotatable bonds is 4. The van der Waals surface area contributed by atoms with Crippen molar-refractivity contribution in [3.8, 4) is 0 Å². The van der Waals surface area contributed by atoms with Crippen molar-refractivity contribution in [1.82, 2.24) is 9.80 Å². The fourth-order valence-corrected chi connectivity index (χ4v) is 4.08. The molecular weight excluding hydrogens is 416 g/mol. The number of carbonyl (C=O) groups is 4. The van der Waals surface area contributed by atoms with Gasteiger partial charge in [-0.1, -0.05) is 39.8 Å². The zero-order valence-electron chi connectivity index (χ0n) is 12.2. The number of hydrogen-bond acceptors (Lipinski definition) is 6. The van der Waals surface area contributed by atoms with Crippen LogP contribution in [0.4, 0.5) is 9.59 Å². The van der Waals surface area contributed by atoms with Gasteiger partial charge in [0.25, 0.3) is 16.4 Å². The van der Waals surface area contributed by atoms with Gasteiger partial charge in [-0.15, -0.1) is 0 Å². The summed E-state index contributed by atoms with van der Waals surface area (Å²) < 4.78 is 0.922. The second kappa shape index (κ2) is 7.12. The molecule has 2 heterocycles. The van der Waals surface area contributed by atoms with Crippen LogP contribution < -0.4 is 0 Å². The predicted molar refractivity (Wildman–Crippen MR) is 96.4 cm³/mol. The Morgan fingerprint density at radius 2 is 1.67 bits per heavy atom. The van der Waals surface area contributed by atoms with Crippen molar-refractivity contribution in [2.45, 2.75) is 0 Å². The summed E-state index contributed by atoms with van der Waals surface area (Å²) in [6.07, 6.45) is 1.65. The molecule has 0 unspecified atom stereocenters. The van der Waals surface area contributed by atoms with Crippen molar-refractivity contribution in [3.05, 3.63) is 39.2 Å². The van der Waals surface area contributed by atoms with Crippen LogP contribution >= 0.6 is 39.5 Å². The van der Waals surface area contributed by atoms with Gasteiger partial charge < -0.3 is 0 Å². The van der Waals surface area contributed by atoms with Gasteiger partial charge in [0.1, 0.15) is 0 Å². The molecule has 0 saturated carbocycles. The molecule has 1 aromatic carbocycles. The molecule has 24 heavy (non-hydrogen) atoms. The number of carbonyl (C=O) groups excluding carboxylic acids is 4. The van der Waals surface area contributed by atoms with E-state index < -0.39 is 11.1 Å². The van der Waals surface area contributed by atoms with Crippen LogP contribution in [0.1, 0.15) is 5.56 Å². The maximum atomic E-state index is 12.4. The number of halogens is 1. The topological polar surface area (TPSA) is 74.8 Å².